The second kappa shape index (κ2) is 6.77. The molecule has 0 radical (unpaired) electrons. The van der Waals surface area contributed by atoms with Gasteiger partial charge >= 0.3 is 0 Å². The SMILES string of the molecule is CCC1CN(c2ccnc(OC)c2C#N)CCN1C(C)C. The van der Waals surface area contributed by atoms with Crippen LogP contribution in [-0.4, -0.2) is 48.7 Å². The molecule has 0 amide bonds. The maximum Gasteiger partial charge on any atom is 0.233 e. The van der Waals surface area contributed by atoms with Crippen molar-refractivity contribution in [2.45, 2.75) is 39.3 Å². The van der Waals surface area contributed by atoms with E-state index in [4.69, 9.17) is 4.74 Å². The Morgan fingerprint density at radius 2 is 2.24 bits per heavy atom. The van der Waals surface area contributed by atoms with Crippen LogP contribution in [0.4, 0.5) is 5.69 Å². The molecular weight excluding hydrogens is 264 g/mol. The lowest BCUT2D eigenvalue weighted by Gasteiger charge is -2.44. The van der Waals surface area contributed by atoms with E-state index in [-0.39, 0.29) is 0 Å². The Bertz CT molecular complexity index is 523. The first-order valence-electron chi connectivity index (χ1n) is 7.56. The van der Waals surface area contributed by atoms with Crippen LogP contribution in [0.15, 0.2) is 12.3 Å². The van der Waals surface area contributed by atoms with Crippen molar-refractivity contribution >= 4 is 5.69 Å². The summed E-state index contributed by atoms with van der Waals surface area (Å²) in [6.45, 7) is 9.60. The molecule has 0 aliphatic carbocycles. The first kappa shape index (κ1) is 15.6. The molecule has 0 bridgehead atoms. The Morgan fingerprint density at radius 1 is 1.48 bits per heavy atom. The van der Waals surface area contributed by atoms with Gasteiger partial charge in [0.05, 0.1) is 12.8 Å². The number of rotatable bonds is 4. The average Bonchev–Trinajstić information content (AvgIpc) is 2.53. The number of piperazine rings is 1. The van der Waals surface area contributed by atoms with E-state index in [9.17, 15) is 5.26 Å². The molecule has 1 aromatic rings. The number of anilines is 1. The Balaban J connectivity index is 2.27. The third-order valence-corrected chi connectivity index (χ3v) is 4.20. The van der Waals surface area contributed by atoms with E-state index in [0.717, 1.165) is 31.7 Å². The summed E-state index contributed by atoms with van der Waals surface area (Å²) >= 11 is 0. The van der Waals surface area contributed by atoms with Crippen LogP contribution in [0.5, 0.6) is 5.88 Å². The molecule has 1 atom stereocenters. The summed E-state index contributed by atoms with van der Waals surface area (Å²) < 4.78 is 5.21. The van der Waals surface area contributed by atoms with Gasteiger partial charge in [-0.2, -0.15) is 5.26 Å². The smallest absolute Gasteiger partial charge is 0.233 e. The predicted octanol–water partition coefficient (Wildman–Crippen LogP) is 2.27. The lowest BCUT2D eigenvalue weighted by Crippen LogP contribution is -2.55. The number of nitriles is 1. The Labute approximate surface area is 127 Å². The van der Waals surface area contributed by atoms with E-state index in [2.05, 4.69) is 41.6 Å². The van der Waals surface area contributed by atoms with E-state index in [1.807, 2.05) is 6.07 Å². The van der Waals surface area contributed by atoms with Crippen molar-refractivity contribution in [2.75, 3.05) is 31.6 Å². The van der Waals surface area contributed by atoms with E-state index >= 15 is 0 Å². The van der Waals surface area contributed by atoms with Crippen molar-refractivity contribution in [1.29, 1.82) is 5.26 Å². The maximum atomic E-state index is 9.42. The minimum Gasteiger partial charge on any atom is -0.480 e. The molecule has 114 valence electrons. The molecule has 0 aromatic carbocycles. The molecule has 0 N–H and O–H groups in total. The summed E-state index contributed by atoms with van der Waals surface area (Å²) in [7, 11) is 1.55. The molecule has 21 heavy (non-hydrogen) atoms. The van der Waals surface area contributed by atoms with Crippen LogP contribution in [0.3, 0.4) is 0 Å². The van der Waals surface area contributed by atoms with Crippen LogP contribution in [0.1, 0.15) is 32.8 Å². The third-order valence-electron chi connectivity index (χ3n) is 4.20. The maximum absolute atomic E-state index is 9.42. The van der Waals surface area contributed by atoms with Gasteiger partial charge < -0.3 is 9.64 Å². The monoisotopic (exact) mass is 288 g/mol. The van der Waals surface area contributed by atoms with Gasteiger partial charge in [0.25, 0.3) is 0 Å². The number of ether oxygens (including phenoxy) is 1. The molecule has 2 rings (SSSR count). The van der Waals surface area contributed by atoms with Crippen LogP contribution >= 0.6 is 0 Å². The quantitative estimate of drug-likeness (QED) is 0.850. The van der Waals surface area contributed by atoms with Gasteiger partial charge in [0.2, 0.25) is 5.88 Å². The minimum absolute atomic E-state index is 0.411. The average molecular weight is 288 g/mol. The van der Waals surface area contributed by atoms with Gasteiger partial charge in [-0.05, 0) is 26.3 Å². The van der Waals surface area contributed by atoms with Crippen LogP contribution in [0.25, 0.3) is 0 Å². The van der Waals surface area contributed by atoms with Gasteiger partial charge in [-0.1, -0.05) is 6.92 Å². The van der Waals surface area contributed by atoms with Gasteiger partial charge in [0.1, 0.15) is 11.6 Å². The highest BCUT2D eigenvalue weighted by atomic mass is 16.5. The molecule has 0 saturated carbocycles. The molecule has 1 saturated heterocycles. The van der Waals surface area contributed by atoms with Crippen LogP contribution in [0.2, 0.25) is 0 Å². The van der Waals surface area contributed by atoms with Crippen molar-refractivity contribution in [2.24, 2.45) is 0 Å². The molecule has 5 heteroatoms. The molecule has 5 nitrogen and oxygen atoms in total. The lowest BCUT2D eigenvalue weighted by molar-refractivity contribution is 0.133. The summed E-state index contributed by atoms with van der Waals surface area (Å²) in [4.78, 5) is 8.95. The fourth-order valence-corrected chi connectivity index (χ4v) is 3.09. The van der Waals surface area contributed by atoms with Gasteiger partial charge in [-0.15, -0.1) is 0 Å². The fourth-order valence-electron chi connectivity index (χ4n) is 3.09. The second-order valence-corrected chi connectivity index (χ2v) is 5.67. The molecule has 1 aromatic heterocycles. The summed E-state index contributed by atoms with van der Waals surface area (Å²) in [5.41, 5.74) is 1.47. The number of hydrogen-bond acceptors (Lipinski definition) is 5. The highest BCUT2D eigenvalue weighted by molar-refractivity contribution is 5.63. The summed E-state index contributed by atoms with van der Waals surface area (Å²) in [5, 5.41) is 9.42. The number of pyridine rings is 1. The van der Waals surface area contributed by atoms with Crippen molar-refractivity contribution in [3.05, 3.63) is 17.8 Å². The molecule has 0 spiro atoms. The zero-order valence-electron chi connectivity index (χ0n) is 13.3. The van der Waals surface area contributed by atoms with E-state index in [0.29, 0.717) is 23.5 Å². The first-order valence-corrected chi connectivity index (χ1v) is 7.56. The lowest BCUT2D eigenvalue weighted by atomic mass is 10.1. The molecule has 1 fully saturated rings. The van der Waals surface area contributed by atoms with Gasteiger partial charge in [-0.25, -0.2) is 4.98 Å². The first-order chi connectivity index (χ1) is 10.1. The zero-order valence-corrected chi connectivity index (χ0v) is 13.3. The second-order valence-electron chi connectivity index (χ2n) is 5.67. The van der Waals surface area contributed by atoms with Crippen LogP contribution in [0, 0.1) is 11.3 Å². The topological polar surface area (TPSA) is 52.4 Å². The third kappa shape index (κ3) is 3.11. The summed E-state index contributed by atoms with van der Waals surface area (Å²) in [6, 6.07) is 5.23. The number of aromatic nitrogens is 1. The predicted molar refractivity (Wildman–Crippen MR) is 83.6 cm³/mol. The Kier molecular flexibility index (Phi) is 5.03. The van der Waals surface area contributed by atoms with Gasteiger partial charge in [0.15, 0.2) is 0 Å². The molecular formula is C16H24N4O. The number of hydrogen-bond donors (Lipinski definition) is 0. The normalized spacial score (nSPS) is 19.6. The van der Waals surface area contributed by atoms with E-state index in [1.54, 1.807) is 13.3 Å². The van der Waals surface area contributed by atoms with Gasteiger partial charge in [0, 0.05) is 37.9 Å². The van der Waals surface area contributed by atoms with Crippen molar-refractivity contribution < 1.29 is 4.74 Å². The molecule has 1 aliphatic heterocycles. The van der Waals surface area contributed by atoms with Crippen LogP contribution < -0.4 is 9.64 Å². The molecule has 1 aliphatic rings. The Hall–Kier alpha value is -1.80. The standard InChI is InChI=1S/C16H24N4O/c1-5-13-11-19(8-9-20(13)12(2)3)15-6-7-18-16(21-4)14(15)10-17/h6-7,12-13H,5,8-9,11H2,1-4H3. The largest absolute Gasteiger partial charge is 0.480 e. The molecule has 1 unspecified atom stereocenters. The molecule has 2 heterocycles. The van der Waals surface area contributed by atoms with Crippen LogP contribution in [-0.2, 0) is 0 Å². The highest BCUT2D eigenvalue weighted by Crippen LogP contribution is 2.29. The van der Waals surface area contributed by atoms with Crippen molar-refractivity contribution in [1.82, 2.24) is 9.88 Å². The van der Waals surface area contributed by atoms with E-state index < -0.39 is 0 Å². The van der Waals surface area contributed by atoms with Crippen molar-refractivity contribution in [3.63, 3.8) is 0 Å². The van der Waals surface area contributed by atoms with E-state index in [1.165, 1.54) is 0 Å². The number of methoxy groups -OCH3 is 1. The fraction of sp³-hybridized carbons (Fsp3) is 0.625. The Morgan fingerprint density at radius 3 is 2.81 bits per heavy atom. The zero-order chi connectivity index (χ0) is 15.4. The minimum atomic E-state index is 0.411. The van der Waals surface area contributed by atoms with Crippen molar-refractivity contribution in [3.8, 4) is 11.9 Å². The highest BCUT2D eigenvalue weighted by Gasteiger charge is 2.29. The summed E-state index contributed by atoms with van der Waals surface area (Å²) in [5.74, 6) is 0.411. The van der Waals surface area contributed by atoms with Gasteiger partial charge in [-0.3, -0.25) is 4.90 Å². The summed E-state index contributed by atoms with van der Waals surface area (Å²) in [6.07, 6.45) is 2.82. The number of nitrogens with zero attached hydrogens (tertiary/aromatic N) is 4.